The summed E-state index contributed by atoms with van der Waals surface area (Å²) in [6.45, 7) is 6.30. The van der Waals surface area contributed by atoms with Gasteiger partial charge >= 0.3 is 17.9 Å². The van der Waals surface area contributed by atoms with Crippen LogP contribution < -0.4 is 0 Å². The Hall–Kier alpha value is -4.19. The van der Waals surface area contributed by atoms with Crippen molar-refractivity contribution in [2.75, 3.05) is 13.2 Å². The lowest BCUT2D eigenvalue weighted by Gasteiger charge is -2.18. The Balaban J connectivity index is 4.56. The number of esters is 3. The van der Waals surface area contributed by atoms with E-state index < -0.39 is 6.10 Å². The number of carbonyl (C=O) groups is 3. The number of hydrogen-bond donors (Lipinski definition) is 0. The van der Waals surface area contributed by atoms with Crippen molar-refractivity contribution in [2.24, 2.45) is 0 Å². The third kappa shape index (κ3) is 50.8. The summed E-state index contributed by atoms with van der Waals surface area (Å²) >= 11 is 0. The largest absolute Gasteiger partial charge is 0.462 e. The van der Waals surface area contributed by atoms with Gasteiger partial charge in [0.2, 0.25) is 0 Å². The maximum absolute atomic E-state index is 12.8. The molecule has 0 aliphatic rings. The summed E-state index contributed by atoms with van der Waals surface area (Å²) in [4.78, 5) is 38.0. The summed E-state index contributed by atoms with van der Waals surface area (Å²) in [5, 5.41) is 0. The van der Waals surface area contributed by atoms with E-state index in [4.69, 9.17) is 14.2 Å². The summed E-state index contributed by atoms with van der Waals surface area (Å²) in [7, 11) is 0. The molecule has 6 heteroatoms. The fraction of sp³-hybridized carbons (Fsp3) is 0.617. The van der Waals surface area contributed by atoms with Crippen molar-refractivity contribution in [3.8, 4) is 0 Å². The van der Waals surface area contributed by atoms with Crippen LogP contribution in [0, 0.1) is 0 Å². The van der Waals surface area contributed by atoms with Gasteiger partial charge in [0, 0.05) is 19.3 Å². The number of allylic oxidation sites excluding steroid dienone is 20. The molecule has 0 aromatic heterocycles. The molecule has 0 N–H and O–H groups in total. The highest BCUT2D eigenvalue weighted by atomic mass is 16.6. The van der Waals surface area contributed by atoms with Crippen molar-refractivity contribution in [3.05, 3.63) is 122 Å². The van der Waals surface area contributed by atoms with E-state index in [-0.39, 0.29) is 44.0 Å². The van der Waals surface area contributed by atoms with Crippen LogP contribution in [0.5, 0.6) is 0 Å². The first kappa shape index (κ1) is 61.8. The summed E-state index contributed by atoms with van der Waals surface area (Å²) < 4.78 is 16.7. The van der Waals surface area contributed by atoms with Crippen LogP contribution in [-0.4, -0.2) is 37.2 Å². The minimum absolute atomic E-state index is 0.116. The van der Waals surface area contributed by atoms with E-state index in [0.29, 0.717) is 12.8 Å². The number of rotatable bonds is 46. The van der Waals surface area contributed by atoms with Crippen molar-refractivity contribution in [3.63, 3.8) is 0 Å². The van der Waals surface area contributed by atoms with Gasteiger partial charge in [-0.15, -0.1) is 0 Å². The van der Waals surface area contributed by atoms with E-state index in [0.717, 1.165) is 128 Å². The Morgan fingerprint density at radius 2 is 0.621 bits per heavy atom. The second-order valence-electron chi connectivity index (χ2n) is 17.0. The molecule has 0 aromatic carbocycles. The highest BCUT2D eigenvalue weighted by molar-refractivity contribution is 5.71. The van der Waals surface area contributed by atoms with Gasteiger partial charge in [0.05, 0.1) is 0 Å². The highest BCUT2D eigenvalue weighted by Gasteiger charge is 2.19. The first-order valence-corrected chi connectivity index (χ1v) is 26.5. The van der Waals surface area contributed by atoms with Gasteiger partial charge in [0.15, 0.2) is 6.10 Å². The minimum Gasteiger partial charge on any atom is -0.462 e. The van der Waals surface area contributed by atoms with Crippen LogP contribution in [0.3, 0.4) is 0 Å². The minimum atomic E-state index is -0.824. The SMILES string of the molecule is CC/C=C\C/C=C\C/C=C\C/C=C\C/C=C\C/C=C\CCC(=O)OCC(COC(=O)CCCCCCC/C=C\CCCCCCC)OC(=O)CCCCCCC/C=C\C/C=C\C/C=C\CC. The van der Waals surface area contributed by atoms with E-state index >= 15 is 0 Å². The Kier molecular flexibility index (Phi) is 50.0. The van der Waals surface area contributed by atoms with Crippen molar-refractivity contribution < 1.29 is 28.6 Å². The molecule has 372 valence electrons. The molecule has 0 aliphatic carbocycles. The predicted molar refractivity (Wildman–Crippen MR) is 283 cm³/mol. The Morgan fingerprint density at radius 3 is 1.03 bits per heavy atom. The maximum Gasteiger partial charge on any atom is 0.306 e. The normalized spacial score (nSPS) is 13.1. The molecule has 0 fully saturated rings. The third-order valence-electron chi connectivity index (χ3n) is 10.7. The lowest BCUT2D eigenvalue weighted by molar-refractivity contribution is -0.166. The number of ether oxygens (including phenoxy) is 3. The number of hydrogen-bond acceptors (Lipinski definition) is 6. The van der Waals surface area contributed by atoms with Gasteiger partial charge in [-0.1, -0.05) is 206 Å². The zero-order valence-electron chi connectivity index (χ0n) is 42.4. The zero-order chi connectivity index (χ0) is 47.9. The van der Waals surface area contributed by atoms with Gasteiger partial charge in [0.25, 0.3) is 0 Å². The Labute approximate surface area is 405 Å². The second kappa shape index (κ2) is 53.4. The fourth-order valence-corrected chi connectivity index (χ4v) is 6.77. The first-order chi connectivity index (χ1) is 32.5. The predicted octanol–water partition coefficient (Wildman–Crippen LogP) is 17.7. The molecule has 0 bridgehead atoms. The molecule has 1 atom stereocenters. The lowest BCUT2D eigenvalue weighted by atomic mass is 10.1. The lowest BCUT2D eigenvalue weighted by Crippen LogP contribution is -2.30. The smallest absolute Gasteiger partial charge is 0.306 e. The topological polar surface area (TPSA) is 78.9 Å². The Morgan fingerprint density at radius 1 is 0.318 bits per heavy atom. The molecule has 66 heavy (non-hydrogen) atoms. The van der Waals surface area contributed by atoms with Gasteiger partial charge in [-0.05, 0) is 116 Å². The number of carbonyl (C=O) groups excluding carboxylic acids is 3. The Bertz CT molecular complexity index is 1420. The second-order valence-corrected chi connectivity index (χ2v) is 17.0. The van der Waals surface area contributed by atoms with Crippen LogP contribution in [-0.2, 0) is 28.6 Å². The van der Waals surface area contributed by atoms with Crippen molar-refractivity contribution >= 4 is 17.9 Å². The molecular weight excluding hydrogens is 817 g/mol. The fourth-order valence-electron chi connectivity index (χ4n) is 6.77. The average molecular weight is 913 g/mol. The molecule has 1 unspecified atom stereocenters. The highest BCUT2D eigenvalue weighted by Crippen LogP contribution is 2.13. The first-order valence-electron chi connectivity index (χ1n) is 26.5. The molecule has 0 aliphatic heterocycles. The summed E-state index contributed by atoms with van der Waals surface area (Å²) in [6.07, 6.45) is 73.3. The molecule has 6 nitrogen and oxygen atoms in total. The van der Waals surface area contributed by atoms with Crippen molar-refractivity contribution in [1.82, 2.24) is 0 Å². The molecular formula is C60H96O6. The number of unbranched alkanes of at least 4 members (excludes halogenated alkanes) is 15. The molecule has 0 heterocycles. The van der Waals surface area contributed by atoms with E-state index in [9.17, 15) is 14.4 Å². The molecule has 0 saturated carbocycles. The van der Waals surface area contributed by atoms with Gasteiger partial charge < -0.3 is 14.2 Å². The molecule has 0 amide bonds. The molecule has 0 aromatic rings. The van der Waals surface area contributed by atoms with Crippen LogP contribution >= 0.6 is 0 Å². The van der Waals surface area contributed by atoms with E-state index in [2.05, 4.69) is 130 Å². The van der Waals surface area contributed by atoms with E-state index in [1.807, 2.05) is 12.2 Å². The van der Waals surface area contributed by atoms with Gasteiger partial charge in [-0.3, -0.25) is 14.4 Å². The monoisotopic (exact) mass is 913 g/mol. The summed E-state index contributed by atoms with van der Waals surface area (Å²) in [5.74, 6) is -1.04. The quantitative estimate of drug-likeness (QED) is 0.0262. The van der Waals surface area contributed by atoms with Crippen LogP contribution in [0.15, 0.2) is 122 Å². The third-order valence-corrected chi connectivity index (χ3v) is 10.7. The van der Waals surface area contributed by atoms with Gasteiger partial charge in [0.1, 0.15) is 13.2 Å². The van der Waals surface area contributed by atoms with Crippen molar-refractivity contribution in [2.45, 2.75) is 226 Å². The molecule has 0 rings (SSSR count). The van der Waals surface area contributed by atoms with Crippen LogP contribution in [0.4, 0.5) is 0 Å². The summed E-state index contributed by atoms with van der Waals surface area (Å²) in [6, 6.07) is 0. The van der Waals surface area contributed by atoms with Crippen LogP contribution in [0.25, 0.3) is 0 Å². The standard InChI is InChI=1S/C60H96O6/c1-4-7-10-13-16-19-22-25-28-29-30-31-33-35-38-41-44-47-50-53-59(62)65-56-57(55-64-58(61)52-49-46-43-40-37-34-27-24-21-18-15-12-9-6-3)66-60(63)54-51-48-45-42-39-36-32-26-23-20-17-14-11-8-5-2/h7-8,10-11,16-17,19-20,24-28,30-32,35,38,44,47,57H,4-6,9,12-15,18,21-23,29,33-34,36-37,39-43,45-46,48-56H2,1-3H3/b10-7-,11-8-,19-16-,20-17-,27-24-,28-25-,31-30-,32-26-,38-35-,47-44-. The molecule has 0 spiro atoms. The van der Waals surface area contributed by atoms with Gasteiger partial charge in [-0.25, -0.2) is 0 Å². The van der Waals surface area contributed by atoms with Crippen LogP contribution in [0.1, 0.15) is 220 Å². The zero-order valence-corrected chi connectivity index (χ0v) is 42.4. The molecule has 0 saturated heterocycles. The van der Waals surface area contributed by atoms with E-state index in [1.54, 1.807) is 0 Å². The molecule has 0 radical (unpaired) electrons. The van der Waals surface area contributed by atoms with Gasteiger partial charge in [-0.2, -0.15) is 0 Å². The maximum atomic E-state index is 12.8. The van der Waals surface area contributed by atoms with Crippen LogP contribution in [0.2, 0.25) is 0 Å². The summed E-state index contributed by atoms with van der Waals surface area (Å²) in [5.41, 5.74) is 0. The van der Waals surface area contributed by atoms with E-state index in [1.165, 1.54) is 44.9 Å². The van der Waals surface area contributed by atoms with Crippen molar-refractivity contribution in [1.29, 1.82) is 0 Å². The average Bonchev–Trinajstić information content (AvgIpc) is 3.31.